The van der Waals surface area contributed by atoms with Gasteiger partial charge in [-0.3, -0.25) is 0 Å². The number of hydrogen-bond donors (Lipinski definition) is 1. The van der Waals surface area contributed by atoms with Gasteiger partial charge in [0.2, 0.25) is 0 Å². The lowest BCUT2D eigenvalue weighted by atomic mass is 10.1. The number of carbonyl (C=O) groups is 1. The van der Waals surface area contributed by atoms with E-state index in [2.05, 4.69) is 9.72 Å². The van der Waals surface area contributed by atoms with Gasteiger partial charge in [0.05, 0.1) is 7.11 Å². The number of methoxy groups -OCH3 is 3. The molecule has 0 fully saturated rings. The zero-order chi connectivity index (χ0) is 12.4. The Morgan fingerprint density at radius 1 is 1.18 bits per heavy atom. The van der Waals surface area contributed by atoms with Crippen molar-refractivity contribution in [3.63, 3.8) is 0 Å². The number of ether oxygens (including phenoxy) is 3. The Balaban J connectivity index is 2.48. The van der Waals surface area contributed by atoms with Gasteiger partial charge in [-0.05, 0) is 23.4 Å². The molecule has 0 radical (unpaired) electrons. The van der Waals surface area contributed by atoms with Gasteiger partial charge in [-0.1, -0.05) is 0 Å². The molecule has 1 heterocycles. The summed E-state index contributed by atoms with van der Waals surface area (Å²) >= 11 is 0. The number of aromatic nitrogens is 1. The van der Waals surface area contributed by atoms with Crippen molar-refractivity contribution in [2.24, 2.45) is 0 Å². The number of nitrogens with one attached hydrogen (secondary N) is 1. The molecular weight excluding hydrogens is 222 g/mol. The second kappa shape index (κ2) is 4.73. The van der Waals surface area contributed by atoms with Crippen LogP contribution in [0, 0.1) is 0 Å². The van der Waals surface area contributed by atoms with Crippen molar-refractivity contribution in [3.05, 3.63) is 22.3 Å². The fraction of sp³-hybridized carbons (Fsp3) is 0.417. The van der Waals surface area contributed by atoms with E-state index >= 15 is 0 Å². The molecule has 1 N–H and O–H groups in total. The predicted molar refractivity (Wildman–Crippen MR) is 61.9 cm³/mol. The maximum Gasteiger partial charge on any atom is 0.354 e. The van der Waals surface area contributed by atoms with Crippen LogP contribution in [0.3, 0.4) is 0 Å². The minimum Gasteiger partial charge on any atom is -0.464 e. The number of aromatic amines is 1. The molecule has 1 aromatic rings. The van der Waals surface area contributed by atoms with Crippen LogP contribution in [-0.2, 0) is 14.2 Å². The van der Waals surface area contributed by atoms with E-state index in [-0.39, 0.29) is 18.2 Å². The molecule has 17 heavy (non-hydrogen) atoms. The summed E-state index contributed by atoms with van der Waals surface area (Å²) in [5.74, 6) is -0.385. The van der Waals surface area contributed by atoms with Crippen molar-refractivity contribution in [2.45, 2.75) is 12.2 Å². The van der Waals surface area contributed by atoms with Crippen LogP contribution in [0.15, 0.2) is 6.07 Å². The van der Waals surface area contributed by atoms with Crippen molar-refractivity contribution >= 4 is 18.1 Å². The molecule has 2 unspecified atom stereocenters. The molecule has 1 aromatic heterocycles. The SMILES string of the molecule is COC(=O)c1cc2c([nH]1)=CC(OC)C(OC)C=2. The highest BCUT2D eigenvalue weighted by Gasteiger charge is 2.20. The summed E-state index contributed by atoms with van der Waals surface area (Å²) in [6, 6.07) is 1.75. The van der Waals surface area contributed by atoms with E-state index in [0.717, 1.165) is 10.6 Å². The van der Waals surface area contributed by atoms with Crippen LogP contribution >= 0.6 is 0 Å². The highest BCUT2D eigenvalue weighted by Crippen LogP contribution is 2.08. The van der Waals surface area contributed by atoms with E-state index in [4.69, 9.17) is 9.47 Å². The lowest BCUT2D eigenvalue weighted by molar-refractivity contribution is 0.0304. The number of hydrogen-bond acceptors (Lipinski definition) is 4. The fourth-order valence-corrected chi connectivity index (χ4v) is 1.92. The van der Waals surface area contributed by atoms with E-state index in [1.165, 1.54) is 7.11 Å². The molecular formula is C12H15NO4. The van der Waals surface area contributed by atoms with Gasteiger partial charge in [0.15, 0.2) is 0 Å². The van der Waals surface area contributed by atoms with Gasteiger partial charge in [-0.2, -0.15) is 0 Å². The molecule has 5 nitrogen and oxygen atoms in total. The number of fused-ring (bicyclic) bond motifs is 1. The van der Waals surface area contributed by atoms with E-state index in [9.17, 15) is 4.79 Å². The molecule has 1 aliphatic rings. The first-order valence-electron chi connectivity index (χ1n) is 5.26. The standard InChI is InChI=1S/C12H15NO4/c1-15-10-5-7-4-9(12(14)17-3)13-8(7)6-11(10)16-2/h4-6,10-11,13H,1-3H3. The van der Waals surface area contributed by atoms with Crippen molar-refractivity contribution in [2.75, 3.05) is 21.3 Å². The highest BCUT2D eigenvalue weighted by molar-refractivity contribution is 5.87. The minimum absolute atomic E-state index is 0.145. The maximum absolute atomic E-state index is 11.4. The third-order valence-electron chi connectivity index (χ3n) is 2.83. The molecule has 5 heteroatoms. The van der Waals surface area contributed by atoms with Crippen molar-refractivity contribution in [1.82, 2.24) is 4.98 Å². The fourth-order valence-electron chi connectivity index (χ4n) is 1.92. The topological polar surface area (TPSA) is 60.6 Å². The lowest BCUT2D eigenvalue weighted by Crippen LogP contribution is -2.39. The van der Waals surface area contributed by atoms with Crippen LogP contribution < -0.4 is 10.6 Å². The Morgan fingerprint density at radius 2 is 1.82 bits per heavy atom. The zero-order valence-electron chi connectivity index (χ0n) is 10.0. The molecule has 0 spiro atoms. The quantitative estimate of drug-likeness (QED) is 0.714. The van der Waals surface area contributed by atoms with Crippen molar-refractivity contribution in [1.29, 1.82) is 0 Å². The molecule has 0 bridgehead atoms. The molecule has 0 aliphatic heterocycles. The summed E-state index contributed by atoms with van der Waals surface area (Å²) in [5, 5.41) is 1.77. The van der Waals surface area contributed by atoms with E-state index in [0.29, 0.717) is 5.69 Å². The number of esters is 1. The normalized spacial score (nSPS) is 22.3. The van der Waals surface area contributed by atoms with Gasteiger partial charge >= 0.3 is 5.97 Å². The first-order chi connectivity index (χ1) is 8.19. The van der Waals surface area contributed by atoms with Gasteiger partial charge in [-0.15, -0.1) is 0 Å². The number of H-pyrrole nitrogens is 1. The molecule has 1 aliphatic carbocycles. The number of carbonyl (C=O) groups excluding carboxylic acids is 1. The average molecular weight is 237 g/mol. The summed E-state index contributed by atoms with van der Waals surface area (Å²) in [7, 11) is 4.60. The molecule has 2 atom stereocenters. The summed E-state index contributed by atoms with van der Waals surface area (Å²) in [5.41, 5.74) is 0.427. The van der Waals surface area contributed by atoms with Gasteiger partial charge in [0.25, 0.3) is 0 Å². The third kappa shape index (κ3) is 2.11. The minimum atomic E-state index is -0.385. The monoisotopic (exact) mass is 237 g/mol. The maximum atomic E-state index is 11.4. The molecule has 2 rings (SSSR count). The second-order valence-corrected chi connectivity index (χ2v) is 3.78. The van der Waals surface area contributed by atoms with Crippen LogP contribution in [0.4, 0.5) is 0 Å². The lowest BCUT2D eigenvalue weighted by Gasteiger charge is -2.20. The summed E-state index contributed by atoms with van der Waals surface area (Å²) in [4.78, 5) is 14.4. The van der Waals surface area contributed by atoms with Gasteiger partial charge in [-0.25, -0.2) is 4.79 Å². The summed E-state index contributed by atoms with van der Waals surface area (Å²) < 4.78 is 15.3. The van der Waals surface area contributed by atoms with Crippen LogP contribution in [0.2, 0.25) is 0 Å². The van der Waals surface area contributed by atoms with E-state index in [1.54, 1.807) is 20.3 Å². The van der Waals surface area contributed by atoms with Gasteiger partial charge in [0, 0.05) is 19.6 Å². The van der Waals surface area contributed by atoms with Crippen LogP contribution in [-0.4, -0.2) is 44.5 Å². The smallest absolute Gasteiger partial charge is 0.354 e. The first kappa shape index (κ1) is 11.9. The second-order valence-electron chi connectivity index (χ2n) is 3.78. The molecule has 92 valence electrons. The molecule has 0 saturated carbocycles. The number of rotatable bonds is 3. The van der Waals surface area contributed by atoms with Crippen LogP contribution in [0.5, 0.6) is 0 Å². The third-order valence-corrected chi connectivity index (χ3v) is 2.83. The predicted octanol–water partition coefficient (Wildman–Crippen LogP) is -0.594. The zero-order valence-corrected chi connectivity index (χ0v) is 10.0. The Bertz CT molecular complexity index is 492. The largest absolute Gasteiger partial charge is 0.464 e. The van der Waals surface area contributed by atoms with Crippen molar-refractivity contribution in [3.8, 4) is 0 Å². The van der Waals surface area contributed by atoms with E-state index < -0.39 is 0 Å². The highest BCUT2D eigenvalue weighted by atomic mass is 16.5. The molecule has 0 aromatic carbocycles. The van der Waals surface area contributed by atoms with Gasteiger partial charge < -0.3 is 19.2 Å². The van der Waals surface area contributed by atoms with Crippen LogP contribution in [0.25, 0.3) is 12.2 Å². The average Bonchev–Trinajstić information content (AvgIpc) is 2.78. The Morgan fingerprint density at radius 3 is 2.41 bits per heavy atom. The first-order valence-corrected chi connectivity index (χ1v) is 5.26. The molecule has 0 amide bonds. The summed E-state index contributed by atoms with van der Waals surface area (Å²) in [6.45, 7) is 0. The van der Waals surface area contributed by atoms with Crippen LogP contribution in [0.1, 0.15) is 10.5 Å². The van der Waals surface area contributed by atoms with Gasteiger partial charge in [0.1, 0.15) is 17.9 Å². The summed E-state index contributed by atoms with van der Waals surface area (Å²) in [6.07, 6.45) is 3.52. The van der Waals surface area contributed by atoms with E-state index in [1.807, 2.05) is 12.2 Å². The van der Waals surface area contributed by atoms with Crippen molar-refractivity contribution < 1.29 is 19.0 Å². The Labute approximate surface area is 98.7 Å². The molecule has 0 saturated heterocycles. The Hall–Kier alpha value is -1.59. The Kier molecular flexibility index (Phi) is 3.31.